The normalized spacial score (nSPS) is 30.9. The van der Waals surface area contributed by atoms with E-state index in [9.17, 15) is 40.4 Å². The molecule has 1 aromatic rings. The predicted molar refractivity (Wildman–Crippen MR) is 72.8 cm³/mol. The van der Waals surface area contributed by atoms with Gasteiger partial charge in [0.25, 0.3) is 5.69 Å². The molecule has 2 rings (SSSR count). The lowest BCUT2D eigenvalue weighted by atomic mass is 9.76. The Morgan fingerprint density at radius 2 is 2.09 bits per heavy atom. The molecule has 1 aliphatic heterocycles. The van der Waals surface area contributed by atoms with E-state index in [1.54, 1.807) is 0 Å². The van der Waals surface area contributed by atoms with Gasteiger partial charge in [-0.05, 0) is 6.07 Å². The summed E-state index contributed by atoms with van der Waals surface area (Å²) in [6, 6.07) is 3.06. The molecule has 0 bridgehead atoms. The highest BCUT2D eigenvalue weighted by Gasteiger charge is 2.56. The maximum Gasteiger partial charge on any atom is 0.336 e. The minimum Gasteiger partial charge on any atom is -0.478 e. The van der Waals surface area contributed by atoms with Crippen molar-refractivity contribution in [2.45, 2.75) is 23.9 Å². The van der Waals surface area contributed by atoms with Crippen LogP contribution in [0.25, 0.3) is 0 Å². The summed E-state index contributed by atoms with van der Waals surface area (Å²) in [4.78, 5) is 21.7. The Morgan fingerprint density at radius 3 is 2.61 bits per heavy atom. The number of aliphatic hydroxyl groups is 4. The van der Waals surface area contributed by atoms with Gasteiger partial charge < -0.3 is 30.3 Å². The molecule has 0 spiro atoms. The third-order valence-electron chi connectivity index (χ3n) is 3.81. The Kier molecular flexibility index (Phi) is 4.63. The average molecular weight is 329 g/mol. The molecule has 5 N–H and O–H groups in total. The van der Waals surface area contributed by atoms with Gasteiger partial charge in [0, 0.05) is 6.07 Å². The van der Waals surface area contributed by atoms with Gasteiger partial charge in [-0.2, -0.15) is 0 Å². The third-order valence-corrected chi connectivity index (χ3v) is 3.81. The number of carboxylic acid groups (broad SMARTS) is 1. The van der Waals surface area contributed by atoms with Gasteiger partial charge in [-0.3, -0.25) is 10.1 Å². The molecule has 1 aliphatic rings. The number of nitro benzene ring substituents is 1. The molecule has 1 heterocycles. The number of nitro groups is 1. The lowest BCUT2D eigenvalue weighted by Gasteiger charge is -2.44. The SMILES string of the molecule is O=C(O)c1cccc([N+](=O)[O-])c1[C@]1(O)[C@H](O)[C@@H](O)CO[C@@H]1CO. The average Bonchev–Trinajstić information content (AvgIpc) is 2.52. The van der Waals surface area contributed by atoms with E-state index in [1.807, 2.05) is 0 Å². The zero-order valence-corrected chi connectivity index (χ0v) is 11.7. The molecule has 10 nitrogen and oxygen atoms in total. The van der Waals surface area contributed by atoms with Crippen molar-refractivity contribution < 1.29 is 40.0 Å². The van der Waals surface area contributed by atoms with E-state index in [0.717, 1.165) is 18.2 Å². The smallest absolute Gasteiger partial charge is 0.336 e. The van der Waals surface area contributed by atoms with Crippen LogP contribution in [0.2, 0.25) is 0 Å². The van der Waals surface area contributed by atoms with Crippen LogP contribution < -0.4 is 0 Å². The second kappa shape index (κ2) is 6.18. The van der Waals surface area contributed by atoms with Gasteiger partial charge in [-0.1, -0.05) is 6.07 Å². The van der Waals surface area contributed by atoms with Gasteiger partial charge in [-0.15, -0.1) is 0 Å². The first kappa shape index (κ1) is 17.2. The second-order valence-electron chi connectivity index (χ2n) is 5.10. The maximum absolute atomic E-state index is 11.4. The molecule has 0 unspecified atom stereocenters. The van der Waals surface area contributed by atoms with Crippen molar-refractivity contribution >= 4 is 11.7 Å². The number of carbonyl (C=O) groups is 1. The zero-order valence-electron chi connectivity index (χ0n) is 11.7. The van der Waals surface area contributed by atoms with Gasteiger partial charge in [-0.25, -0.2) is 4.79 Å². The molecule has 0 amide bonds. The fraction of sp³-hybridized carbons (Fsp3) is 0.462. The highest BCUT2D eigenvalue weighted by Crippen LogP contribution is 2.42. The standard InChI is InChI=1S/C13H15NO9/c15-4-9-13(20,11(17)8(16)5-23-9)10-6(12(18)19)2-1-3-7(10)14(21)22/h1-3,8-9,11,15-17,20H,4-5H2,(H,18,19)/t8-,9+,11+,13-/m0/s1. The fourth-order valence-electron chi connectivity index (χ4n) is 2.71. The molecule has 0 aliphatic carbocycles. The summed E-state index contributed by atoms with van der Waals surface area (Å²) in [7, 11) is 0. The summed E-state index contributed by atoms with van der Waals surface area (Å²) in [5, 5.41) is 60.5. The van der Waals surface area contributed by atoms with E-state index >= 15 is 0 Å². The molecule has 1 fully saturated rings. The van der Waals surface area contributed by atoms with Crippen molar-refractivity contribution in [3.8, 4) is 0 Å². The Balaban J connectivity index is 2.79. The minimum atomic E-state index is -2.68. The molecule has 1 saturated heterocycles. The van der Waals surface area contributed by atoms with E-state index in [4.69, 9.17) is 4.74 Å². The van der Waals surface area contributed by atoms with Gasteiger partial charge in [0.1, 0.15) is 18.3 Å². The molecule has 10 heteroatoms. The summed E-state index contributed by atoms with van der Waals surface area (Å²) in [6.07, 6.45) is -5.17. The number of ether oxygens (including phenoxy) is 1. The van der Waals surface area contributed by atoms with E-state index in [-0.39, 0.29) is 0 Å². The van der Waals surface area contributed by atoms with Crippen molar-refractivity contribution in [1.29, 1.82) is 0 Å². The monoisotopic (exact) mass is 329 g/mol. The van der Waals surface area contributed by atoms with Gasteiger partial charge in [0.05, 0.1) is 29.3 Å². The van der Waals surface area contributed by atoms with Crippen molar-refractivity contribution in [1.82, 2.24) is 0 Å². The molecule has 0 radical (unpaired) electrons. The summed E-state index contributed by atoms with van der Waals surface area (Å²) < 4.78 is 5.02. The van der Waals surface area contributed by atoms with Gasteiger partial charge >= 0.3 is 5.97 Å². The number of rotatable bonds is 4. The van der Waals surface area contributed by atoms with Crippen LogP contribution in [0.3, 0.4) is 0 Å². The Morgan fingerprint density at radius 1 is 1.43 bits per heavy atom. The van der Waals surface area contributed by atoms with E-state index in [1.165, 1.54) is 0 Å². The number of benzene rings is 1. The van der Waals surface area contributed by atoms with Gasteiger partial charge in [0.2, 0.25) is 0 Å². The van der Waals surface area contributed by atoms with E-state index < -0.39 is 64.8 Å². The predicted octanol–water partition coefficient (Wildman–Crippen LogP) is -1.41. The van der Waals surface area contributed by atoms with E-state index in [2.05, 4.69) is 0 Å². The van der Waals surface area contributed by atoms with Crippen LogP contribution in [0.4, 0.5) is 5.69 Å². The first-order chi connectivity index (χ1) is 10.7. The van der Waals surface area contributed by atoms with Crippen LogP contribution in [-0.4, -0.2) is 68.0 Å². The first-order valence-electron chi connectivity index (χ1n) is 6.57. The Hall–Kier alpha value is -2.11. The molecule has 1 aromatic carbocycles. The molecule has 126 valence electrons. The van der Waals surface area contributed by atoms with Crippen LogP contribution in [0.5, 0.6) is 0 Å². The third kappa shape index (κ3) is 2.66. The number of hydrogen-bond donors (Lipinski definition) is 5. The maximum atomic E-state index is 11.4. The summed E-state index contributed by atoms with van der Waals surface area (Å²) in [5.41, 5.74) is -4.83. The summed E-state index contributed by atoms with van der Waals surface area (Å²) >= 11 is 0. The highest BCUT2D eigenvalue weighted by molar-refractivity contribution is 5.91. The highest BCUT2D eigenvalue weighted by atomic mass is 16.6. The lowest BCUT2D eigenvalue weighted by Crippen LogP contribution is -2.62. The van der Waals surface area contributed by atoms with Crippen LogP contribution in [-0.2, 0) is 10.3 Å². The van der Waals surface area contributed by atoms with Crippen molar-refractivity contribution in [2.24, 2.45) is 0 Å². The fourth-order valence-corrected chi connectivity index (χ4v) is 2.71. The summed E-state index contributed by atoms with van der Waals surface area (Å²) in [6.45, 7) is -1.29. The second-order valence-corrected chi connectivity index (χ2v) is 5.10. The quantitative estimate of drug-likeness (QED) is 0.329. The number of carboxylic acids is 1. The number of nitrogens with zero attached hydrogens (tertiary/aromatic N) is 1. The molecule has 0 aromatic heterocycles. The Labute approximate surface area is 129 Å². The van der Waals surface area contributed by atoms with Crippen LogP contribution >= 0.6 is 0 Å². The van der Waals surface area contributed by atoms with E-state index in [0.29, 0.717) is 0 Å². The molecule has 23 heavy (non-hydrogen) atoms. The van der Waals surface area contributed by atoms with Crippen LogP contribution in [0, 0.1) is 10.1 Å². The zero-order chi connectivity index (χ0) is 17.4. The van der Waals surface area contributed by atoms with Crippen LogP contribution in [0.15, 0.2) is 18.2 Å². The number of aliphatic hydroxyl groups excluding tert-OH is 3. The Bertz CT molecular complexity index is 598. The van der Waals surface area contributed by atoms with Crippen LogP contribution in [0.1, 0.15) is 15.9 Å². The van der Waals surface area contributed by atoms with Crippen molar-refractivity contribution in [2.75, 3.05) is 13.2 Å². The molecule has 0 saturated carbocycles. The summed E-state index contributed by atoms with van der Waals surface area (Å²) in [5.74, 6) is -1.58. The van der Waals surface area contributed by atoms with Gasteiger partial charge in [0.15, 0.2) is 5.60 Å². The molecular weight excluding hydrogens is 314 g/mol. The number of hydrogen-bond acceptors (Lipinski definition) is 8. The number of aromatic carboxylic acids is 1. The van der Waals surface area contributed by atoms with Crippen molar-refractivity contribution in [3.63, 3.8) is 0 Å². The lowest BCUT2D eigenvalue weighted by molar-refractivity contribution is -0.388. The topological polar surface area (TPSA) is 171 Å². The van der Waals surface area contributed by atoms with Crippen molar-refractivity contribution in [3.05, 3.63) is 39.4 Å². The first-order valence-corrected chi connectivity index (χ1v) is 6.57. The molecule has 4 atom stereocenters. The minimum absolute atomic E-state index is 0.433. The molecular formula is C13H15NO9. The largest absolute Gasteiger partial charge is 0.478 e.